The van der Waals surface area contributed by atoms with Gasteiger partial charge in [-0.3, -0.25) is 24.5 Å². The minimum Gasteiger partial charge on any atom is -0.492 e. The lowest BCUT2D eigenvalue weighted by molar-refractivity contribution is -0.123. The zero-order chi connectivity index (χ0) is 34.2. The van der Waals surface area contributed by atoms with E-state index in [1.54, 1.807) is 0 Å². The predicted molar refractivity (Wildman–Crippen MR) is 194 cm³/mol. The lowest BCUT2D eigenvalue weighted by Crippen LogP contribution is -2.42. The van der Waals surface area contributed by atoms with Gasteiger partial charge in [-0.1, -0.05) is 6.07 Å². The second-order valence-electron chi connectivity index (χ2n) is 11.0. The van der Waals surface area contributed by atoms with Crippen molar-refractivity contribution in [3.05, 3.63) is 29.3 Å². The highest BCUT2D eigenvalue weighted by Gasteiger charge is 2.14. The van der Waals surface area contributed by atoms with Crippen molar-refractivity contribution in [1.82, 2.24) is 15.5 Å². The molecule has 2 amide bonds. The number of hydrogen-bond acceptors (Lipinski definition) is 10. The van der Waals surface area contributed by atoms with E-state index in [0.717, 1.165) is 68.5 Å². The van der Waals surface area contributed by atoms with Gasteiger partial charge in [0, 0.05) is 44.2 Å². The van der Waals surface area contributed by atoms with Crippen LogP contribution >= 0.6 is 25.3 Å². The molecule has 0 heterocycles. The fourth-order valence-corrected chi connectivity index (χ4v) is 5.15. The summed E-state index contributed by atoms with van der Waals surface area (Å²) in [5.41, 5.74) is 35.6. The van der Waals surface area contributed by atoms with Crippen molar-refractivity contribution in [3.8, 4) is 5.75 Å². The third-order valence-corrected chi connectivity index (χ3v) is 7.89. The maximum atomic E-state index is 12.4. The number of nitrogens with one attached hydrogen (secondary N) is 2. The SMILES string of the molecule is NC(N)=NCCCC[C@@H](N)C(=O)NCCCN(CCCNC(=O)[C@H](N)CCCCN=C(N)N)CCOc1ccc(CS)c(CS)c1. The number of benzene rings is 1. The number of nitrogens with two attached hydrogens (primary N) is 6. The molecule has 46 heavy (non-hydrogen) atoms. The van der Waals surface area contributed by atoms with Crippen LogP contribution in [0.1, 0.15) is 62.5 Å². The number of guanidine groups is 2. The van der Waals surface area contributed by atoms with Gasteiger partial charge in [0.15, 0.2) is 11.9 Å². The summed E-state index contributed by atoms with van der Waals surface area (Å²) in [4.78, 5) is 35.0. The van der Waals surface area contributed by atoms with Gasteiger partial charge in [-0.25, -0.2) is 0 Å². The van der Waals surface area contributed by atoms with Crippen LogP contribution in [0, 0.1) is 0 Å². The average molecular weight is 684 g/mol. The molecule has 1 aromatic rings. The summed E-state index contributed by atoms with van der Waals surface area (Å²) >= 11 is 8.80. The molecule has 14 nitrogen and oxygen atoms in total. The van der Waals surface area contributed by atoms with Crippen LogP contribution in [-0.4, -0.2) is 93.1 Å². The van der Waals surface area contributed by atoms with Crippen LogP contribution in [0.2, 0.25) is 0 Å². The van der Waals surface area contributed by atoms with E-state index in [1.165, 1.54) is 0 Å². The summed E-state index contributed by atoms with van der Waals surface area (Å²) < 4.78 is 6.05. The Morgan fingerprint density at radius 1 is 0.739 bits per heavy atom. The first-order valence-corrected chi connectivity index (χ1v) is 17.2. The first-order chi connectivity index (χ1) is 22.1. The van der Waals surface area contributed by atoms with Gasteiger partial charge >= 0.3 is 0 Å². The summed E-state index contributed by atoms with van der Waals surface area (Å²) in [5.74, 6) is 1.82. The topological polar surface area (TPSA) is 252 Å². The Balaban J connectivity index is 2.52. The molecule has 0 aliphatic carbocycles. The van der Waals surface area contributed by atoms with Crippen molar-refractivity contribution < 1.29 is 14.3 Å². The molecule has 0 aliphatic rings. The molecular weight excluding hydrogens is 627 g/mol. The number of nitrogens with zero attached hydrogens (tertiary/aromatic N) is 3. The van der Waals surface area contributed by atoms with Gasteiger partial charge in [0.2, 0.25) is 11.8 Å². The third kappa shape index (κ3) is 19.6. The van der Waals surface area contributed by atoms with Crippen LogP contribution < -0.4 is 49.8 Å². The van der Waals surface area contributed by atoms with Crippen LogP contribution in [-0.2, 0) is 21.1 Å². The molecule has 2 atom stereocenters. The Kier molecular flexibility index (Phi) is 22.5. The first kappa shape index (κ1) is 41.1. The van der Waals surface area contributed by atoms with E-state index in [4.69, 9.17) is 39.1 Å². The van der Waals surface area contributed by atoms with Crippen molar-refractivity contribution >= 4 is 49.0 Å². The van der Waals surface area contributed by atoms with E-state index in [9.17, 15) is 9.59 Å². The summed E-state index contributed by atoms with van der Waals surface area (Å²) in [7, 11) is 0. The molecule has 0 spiro atoms. The largest absolute Gasteiger partial charge is 0.492 e. The van der Waals surface area contributed by atoms with Crippen molar-refractivity contribution in [2.24, 2.45) is 44.4 Å². The maximum Gasteiger partial charge on any atom is 0.236 e. The van der Waals surface area contributed by atoms with Crippen LogP contribution in [0.3, 0.4) is 0 Å². The van der Waals surface area contributed by atoms with E-state index in [-0.39, 0.29) is 23.7 Å². The highest BCUT2D eigenvalue weighted by Crippen LogP contribution is 2.21. The van der Waals surface area contributed by atoms with Crippen LogP contribution in [0.25, 0.3) is 0 Å². The number of ether oxygens (including phenoxy) is 1. The lowest BCUT2D eigenvalue weighted by atomic mass is 10.1. The summed E-state index contributed by atoms with van der Waals surface area (Å²) in [6, 6.07) is 4.81. The standard InChI is InChI=1S/C30H57N11O3S2/c31-25(7-1-3-11-39-29(33)34)27(42)37-13-5-15-41(17-18-44-24-10-9-22(20-45)23(19-24)21-46)16-6-14-38-28(43)26(32)8-2-4-12-40-30(35)36/h9-10,19,25-26,45-46H,1-8,11-18,20-21,31-32H2,(H,37,42)(H,38,43)(H4,33,34,39)(H4,35,36,40)/t25-,26-/m1/s1. The number of amides is 2. The number of hydrogen-bond donors (Lipinski definition) is 10. The van der Waals surface area contributed by atoms with Crippen molar-refractivity contribution in [1.29, 1.82) is 0 Å². The van der Waals surface area contributed by atoms with E-state index in [1.807, 2.05) is 18.2 Å². The third-order valence-electron chi connectivity index (χ3n) is 7.20. The second-order valence-corrected chi connectivity index (χ2v) is 11.7. The van der Waals surface area contributed by atoms with Crippen molar-refractivity contribution in [2.75, 3.05) is 52.4 Å². The quantitative estimate of drug-likeness (QED) is 0.0266. The van der Waals surface area contributed by atoms with Crippen LogP contribution in [0.5, 0.6) is 5.75 Å². The average Bonchev–Trinajstić information content (AvgIpc) is 3.03. The van der Waals surface area contributed by atoms with Crippen molar-refractivity contribution in [3.63, 3.8) is 0 Å². The molecule has 0 fully saturated rings. The normalized spacial score (nSPS) is 12.3. The zero-order valence-electron chi connectivity index (χ0n) is 27.0. The molecule has 0 unspecified atom stereocenters. The highest BCUT2D eigenvalue weighted by molar-refractivity contribution is 7.79. The minimum atomic E-state index is -0.576. The van der Waals surface area contributed by atoms with Gasteiger partial charge in [0.25, 0.3) is 0 Å². The highest BCUT2D eigenvalue weighted by atomic mass is 32.1. The van der Waals surface area contributed by atoms with E-state index in [0.29, 0.717) is 63.7 Å². The Morgan fingerprint density at radius 2 is 1.24 bits per heavy atom. The van der Waals surface area contributed by atoms with E-state index < -0.39 is 12.1 Å². The van der Waals surface area contributed by atoms with Crippen molar-refractivity contribution in [2.45, 2.75) is 75.0 Å². The lowest BCUT2D eigenvalue weighted by Gasteiger charge is -2.23. The van der Waals surface area contributed by atoms with Gasteiger partial charge in [0.1, 0.15) is 12.4 Å². The number of carbonyl (C=O) groups excluding carboxylic acids is 2. The molecule has 0 aliphatic heterocycles. The molecule has 16 heteroatoms. The number of aliphatic imine (C=N–C) groups is 2. The molecule has 0 saturated heterocycles. The van der Waals surface area contributed by atoms with Gasteiger partial charge in [-0.2, -0.15) is 25.3 Å². The Hall–Kier alpha value is -2.92. The molecule has 262 valence electrons. The molecular formula is C30H57N11O3S2. The molecule has 1 aromatic carbocycles. The van der Waals surface area contributed by atoms with Gasteiger partial charge < -0.3 is 49.8 Å². The maximum absolute atomic E-state index is 12.4. The fraction of sp³-hybridized carbons (Fsp3) is 0.667. The molecule has 0 aromatic heterocycles. The molecule has 14 N–H and O–H groups in total. The molecule has 1 rings (SSSR count). The summed E-state index contributed by atoms with van der Waals surface area (Å²) in [5, 5.41) is 5.87. The smallest absolute Gasteiger partial charge is 0.236 e. The van der Waals surface area contributed by atoms with Crippen LogP contribution in [0.15, 0.2) is 28.2 Å². The van der Waals surface area contributed by atoms with Crippen LogP contribution in [0.4, 0.5) is 0 Å². The Labute approximate surface area is 285 Å². The van der Waals surface area contributed by atoms with E-state index >= 15 is 0 Å². The molecule has 0 bridgehead atoms. The number of carbonyl (C=O) groups is 2. The van der Waals surface area contributed by atoms with Gasteiger partial charge in [0.05, 0.1) is 12.1 Å². The summed E-state index contributed by atoms with van der Waals surface area (Å²) in [6.45, 7) is 4.68. The minimum absolute atomic E-state index is 0.0608. The Morgan fingerprint density at radius 3 is 1.70 bits per heavy atom. The molecule has 0 saturated carbocycles. The monoisotopic (exact) mass is 683 g/mol. The fourth-order valence-electron chi connectivity index (χ4n) is 4.54. The predicted octanol–water partition coefficient (Wildman–Crippen LogP) is -0.218. The zero-order valence-corrected chi connectivity index (χ0v) is 28.8. The van der Waals surface area contributed by atoms with Gasteiger partial charge in [-0.05, 0) is 87.7 Å². The van der Waals surface area contributed by atoms with Gasteiger partial charge in [-0.15, -0.1) is 0 Å². The molecule has 0 radical (unpaired) electrons. The Bertz CT molecular complexity index is 1020. The number of unbranched alkanes of at least 4 members (excludes halogenated alkanes) is 2. The number of thiol groups is 2. The summed E-state index contributed by atoms with van der Waals surface area (Å²) in [6.07, 6.45) is 5.64. The first-order valence-electron chi connectivity index (χ1n) is 15.9. The van der Waals surface area contributed by atoms with E-state index in [2.05, 4.69) is 50.8 Å². The second kappa shape index (κ2) is 25.2. The number of rotatable bonds is 26.